The number of nitrogen functional groups attached to an aromatic ring is 1. The van der Waals surface area contributed by atoms with Gasteiger partial charge >= 0.3 is 0 Å². The van der Waals surface area contributed by atoms with E-state index >= 15 is 0 Å². The Kier molecular flexibility index (Phi) is 3.74. The second-order valence-electron chi connectivity index (χ2n) is 4.83. The third kappa shape index (κ3) is 2.86. The van der Waals surface area contributed by atoms with Crippen molar-refractivity contribution < 1.29 is 9.47 Å². The van der Waals surface area contributed by atoms with Crippen LogP contribution < -0.4 is 20.5 Å². The second-order valence-corrected chi connectivity index (χ2v) is 4.83. The Morgan fingerprint density at radius 3 is 2.65 bits per heavy atom. The van der Waals surface area contributed by atoms with E-state index in [2.05, 4.69) is 5.32 Å². The highest BCUT2D eigenvalue weighted by Gasteiger charge is 2.19. The van der Waals surface area contributed by atoms with Gasteiger partial charge in [-0.3, -0.25) is 0 Å². The molecule has 0 fully saturated rings. The van der Waals surface area contributed by atoms with Gasteiger partial charge < -0.3 is 20.5 Å². The van der Waals surface area contributed by atoms with Crippen molar-refractivity contribution in [1.29, 1.82) is 0 Å². The van der Waals surface area contributed by atoms with E-state index in [1.807, 2.05) is 48.5 Å². The smallest absolute Gasteiger partial charge is 0.161 e. The van der Waals surface area contributed by atoms with Crippen LogP contribution in [0.15, 0.2) is 48.5 Å². The molecule has 1 aliphatic heterocycles. The average Bonchev–Trinajstić information content (AvgIpc) is 2.49. The van der Waals surface area contributed by atoms with Crippen LogP contribution in [-0.2, 0) is 6.54 Å². The summed E-state index contributed by atoms with van der Waals surface area (Å²) in [4.78, 5) is 0. The predicted octanol–water partition coefficient (Wildman–Crippen LogP) is 2.20. The lowest BCUT2D eigenvalue weighted by atomic mass is 10.2. The Bertz CT molecular complexity index is 586. The first-order valence-corrected chi connectivity index (χ1v) is 6.75. The highest BCUT2D eigenvalue weighted by atomic mass is 16.6. The lowest BCUT2D eigenvalue weighted by Gasteiger charge is -2.26. The van der Waals surface area contributed by atoms with Crippen LogP contribution in [0.2, 0.25) is 0 Å². The number of ether oxygens (including phenoxy) is 2. The third-order valence-electron chi connectivity index (χ3n) is 3.31. The van der Waals surface area contributed by atoms with E-state index in [4.69, 9.17) is 15.2 Å². The van der Waals surface area contributed by atoms with Gasteiger partial charge in [0.05, 0.1) is 0 Å². The van der Waals surface area contributed by atoms with Crippen LogP contribution in [0.5, 0.6) is 11.5 Å². The van der Waals surface area contributed by atoms with Gasteiger partial charge in [0.25, 0.3) is 0 Å². The van der Waals surface area contributed by atoms with Gasteiger partial charge in [-0.2, -0.15) is 0 Å². The number of rotatable bonds is 4. The van der Waals surface area contributed by atoms with Crippen LogP contribution in [0, 0.1) is 0 Å². The first kappa shape index (κ1) is 12.8. The van der Waals surface area contributed by atoms with Crippen molar-refractivity contribution in [3.05, 3.63) is 54.1 Å². The number of nitrogens with two attached hydrogens (primary N) is 1. The minimum absolute atomic E-state index is 0.0230. The van der Waals surface area contributed by atoms with Crippen LogP contribution in [0.1, 0.15) is 5.56 Å². The first-order valence-electron chi connectivity index (χ1n) is 6.75. The van der Waals surface area contributed by atoms with Gasteiger partial charge in [0.2, 0.25) is 0 Å². The summed E-state index contributed by atoms with van der Waals surface area (Å²) in [6.45, 7) is 2.02. The number of nitrogens with one attached hydrogen (secondary N) is 1. The van der Waals surface area contributed by atoms with Crippen LogP contribution in [0.3, 0.4) is 0 Å². The molecular weight excluding hydrogens is 252 g/mol. The number of anilines is 1. The second kappa shape index (κ2) is 5.84. The highest BCUT2D eigenvalue weighted by Crippen LogP contribution is 2.30. The summed E-state index contributed by atoms with van der Waals surface area (Å²) in [7, 11) is 0. The summed E-state index contributed by atoms with van der Waals surface area (Å²) in [5.74, 6) is 1.63. The maximum atomic E-state index is 5.91. The van der Waals surface area contributed by atoms with E-state index in [-0.39, 0.29) is 6.10 Å². The molecule has 4 heteroatoms. The lowest BCUT2D eigenvalue weighted by Crippen LogP contribution is -2.38. The van der Waals surface area contributed by atoms with E-state index in [9.17, 15) is 0 Å². The molecule has 1 heterocycles. The molecule has 0 radical (unpaired) electrons. The molecule has 3 N–H and O–H groups in total. The van der Waals surface area contributed by atoms with E-state index in [1.54, 1.807) is 0 Å². The van der Waals surface area contributed by atoms with Gasteiger partial charge in [-0.1, -0.05) is 30.3 Å². The Morgan fingerprint density at radius 2 is 1.80 bits per heavy atom. The first-order chi connectivity index (χ1) is 9.83. The summed E-state index contributed by atoms with van der Waals surface area (Å²) in [5, 5.41) is 3.36. The van der Waals surface area contributed by atoms with Crippen molar-refractivity contribution in [2.24, 2.45) is 0 Å². The summed E-state index contributed by atoms with van der Waals surface area (Å²) in [6, 6.07) is 15.6. The van der Waals surface area contributed by atoms with Crippen LogP contribution in [0.4, 0.5) is 5.69 Å². The van der Waals surface area contributed by atoms with Crippen molar-refractivity contribution >= 4 is 5.69 Å². The SMILES string of the molecule is Nc1ccccc1CNCC1COc2ccccc2O1. The zero-order valence-electron chi connectivity index (χ0n) is 11.2. The molecule has 1 aliphatic rings. The van der Waals surface area contributed by atoms with Gasteiger partial charge in [-0.25, -0.2) is 0 Å². The number of para-hydroxylation sites is 3. The number of fused-ring (bicyclic) bond motifs is 1. The molecule has 1 unspecified atom stereocenters. The van der Waals surface area contributed by atoms with Crippen molar-refractivity contribution in [3.63, 3.8) is 0 Å². The number of hydrogen-bond donors (Lipinski definition) is 2. The monoisotopic (exact) mass is 270 g/mol. The molecular formula is C16H18N2O2. The topological polar surface area (TPSA) is 56.5 Å². The third-order valence-corrected chi connectivity index (χ3v) is 3.31. The molecule has 0 aliphatic carbocycles. The highest BCUT2D eigenvalue weighted by molar-refractivity contribution is 5.46. The molecule has 4 nitrogen and oxygen atoms in total. The largest absolute Gasteiger partial charge is 0.486 e. The van der Waals surface area contributed by atoms with Gasteiger partial charge in [0.1, 0.15) is 12.7 Å². The van der Waals surface area contributed by atoms with Gasteiger partial charge in [0.15, 0.2) is 11.5 Å². The molecule has 0 saturated carbocycles. The number of benzene rings is 2. The quantitative estimate of drug-likeness (QED) is 0.836. The molecule has 0 saturated heterocycles. The van der Waals surface area contributed by atoms with Crippen molar-refractivity contribution in [1.82, 2.24) is 5.32 Å². The van der Waals surface area contributed by atoms with Crippen molar-refractivity contribution in [3.8, 4) is 11.5 Å². The molecule has 0 bridgehead atoms. The van der Waals surface area contributed by atoms with Crippen LogP contribution in [0.25, 0.3) is 0 Å². The Hall–Kier alpha value is -2.20. The normalized spacial score (nSPS) is 16.9. The molecule has 3 rings (SSSR count). The summed E-state index contributed by atoms with van der Waals surface area (Å²) in [5.41, 5.74) is 7.82. The molecule has 0 aromatic heterocycles. The fourth-order valence-electron chi connectivity index (χ4n) is 2.23. The van der Waals surface area contributed by atoms with Gasteiger partial charge in [0, 0.05) is 18.8 Å². The van der Waals surface area contributed by atoms with Crippen LogP contribution >= 0.6 is 0 Å². The maximum absolute atomic E-state index is 5.91. The van der Waals surface area contributed by atoms with Crippen molar-refractivity contribution in [2.45, 2.75) is 12.6 Å². The fourth-order valence-corrected chi connectivity index (χ4v) is 2.23. The predicted molar refractivity (Wildman–Crippen MR) is 78.9 cm³/mol. The van der Waals surface area contributed by atoms with E-state index in [1.165, 1.54) is 0 Å². The molecule has 20 heavy (non-hydrogen) atoms. The lowest BCUT2D eigenvalue weighted by molar-refractivity contribution is 0.0902. The maximum Gasteiger partial charge on any atom is 0.161 e. The summed E-state index contributed by atoms with van der Waals surface area (Å²) in [6.07, 6.45) is 0.0230. The van der Waals surface area contributed by atoms with E-state index < -0.39 is 0 Å². The van der Waals surface area contributed by atoms with Gasteiger partial charge in [-0.05, 0) is 23.8 Å². The van der Waals surface area contributed by atoms with E-state index in [0.717, 1.165) is 35.8 Å². The number of hydrogen-bond acceptors (Lipinski definition) is 4. The standard InChI is InChI=1S/C16H18N2O2/c17-14-6-2-1-5-12(14)9-18-10-13-11-19-15-7-3-4-8-16(15)20-13/h1-8,13,18H,9-11,17H2. The molecule has 104 valence electrons. The van der Waals surface area contributed by atoms with E-state index in [0.29, 0.717) is 6.61 Å². The minimum atomic E-state index is 0.0230. The molecule has 2 aromatic rings. The van der Waals surface area contributed by atoms with Crippen molar-refractivity contribution in [2.75, 3.05) is 18.9 Å². The average molecular weight is 270 g/mol. The Morgan fingerprint density at radius 1 is 1.05 bits per heavy atom. The van der Waals surface area contributed by atoms with Crippen LogP contribution in [-0.4, -0.2) is 19.3 Å². The summed E-state index contributed by atoms with van der Waals surface area (Å²) < 4.78 is 11.6. The Balaban J connectivity index is 1.52. The van der Waals surface area contributed by atoms with Gasteiger partial charge in [-0.15, -0.1) is 0 Å². The Labute approximate surface area is 118 Å². The zero-order valence-corrected chi connectivity index (χ0v) is 11.2. The molecule has 2 aromatic carbocycles. The molecule has 0 spiro atoms. The minimum Gasteiger partial charge on any atom is -0.486 e. The molecule has 1 atom stereocenters. The molecule has 0 amide bonds. The fraction of sp³-hybridized carbons (Fsp3) is 0.250. The zero-order chi connectivity index (χ0) is 13.8. The summed E-state index contributed by atoms with van der Waals surface area (Å²) >= 11 is 0.